The van der Waals surface area contributed by atoms with Gasteiger partial charge in [-0.25, -0.2) is 0 Å². The number of hydrogen-bond acceptors (Lipinski definition) is 2. The topological polar surface area (TPSA) is 55.5 Å². The van der Waals surface area contributed by atoms with Crippen LogP contribution < -0.4 is 10.6 Å². The molecule has 1 aromatic carbocycles. The minimum Gasteiger partial charge on any atom is -0.361 e. The average Bonchev–Trinajstić information content (AvgIpc) is 3.44. The molecule has 0 bridgehead atoms. The predicted octanol–water partition coefficient (Wildman–Crippen LogP) is 3.82. The molecule has 4 rings (SSSR count). The first-order valence-electron chi connectivity index (χ1n) is 10.6. The number of aliphatic imine (C=N–C) groups is 1. The number of fused-ring (bicyclic) bond motifs is 1. The summed E-state index contributed by atoms with van der Waals surface area (Å²) >= 11 is 0. The fourth-order valence-electron chi connectivity index (χ4n) is 4.22. The first-order valence-corrected chi connectivity index (χ1v) is 10.6. The van der Waals surface area contributed by atoms with E-state index in [1.807, 2.05) is 0 Å². The number of aromatic nitrogens is 1. The van der Waals surface area contributed by atoms with Crippen molar-refractivity contribution in [1.29, 1.82) is 0 Å². The largest absolute Gasteiger partial charge is 0.361 e. The molecule has 28 heavy (non-hydrogen) atoms. The fraction of sp³-hybridized carbons (Fsp3) is 0.591. The van der Waals surface area contributed by atoms with Gasteiger partial charge in [-0.05, 0) is 57.1 Å². The molecule has 0 atom stereocenters. The highest BCUT2D eigenvalue weighted by Gasteiger charge is 2.31. The molecule has 2 fully saturated rings. The second kappa shape index (κ2) is 9.96. The number of aromatic amines is 1. The van der Waals surface area contributed by atoms with Gasteiger partial charge in [0.1, 0.15) is 0 Å². The van der Waals surface area contributed by atoms with Gasteiger partial charge in [-0.15, -0.1) is 24.0 Å². The summed E-state index contributed by atoms with van der Waals surface area (Å²) in [6.07, 6.45) is 8.37. The maximum absolute atomic E-state index is 4.85. The zero-order chi connectivity index (χ0) is 18.6. The molecule has 0 unspecified atom stereocenters. The quantitative estimate of drug-likeness (QED) is 0.325. The lowest BCUT2D eigenvalue weighted by molar-refractivity contribution is 0.197. The van der Waals surface area contributed by atoms with Crippen molar-refractivity contribution in [2.45, 2.75) is 58.0 Å². The van der Waals surface area contributed by atoms with Crippen LogP contribution in [0.25, 0.3) is 10.9 Å². The lowest BCUT2D eigenvalue weighted by Gasteiger charge is -2.33. The molecule has 2 aromatic rings. The maximum atomic E-state index is 4.85. The van der Waals surface area contributed by atoms with Gasteiger partial charge in [-0.2, -0.15) is 0 Å². The number of rotatable bonds is 6. The number of halogens is 1. The first-order chi connectivity index (χ1) is 13.2. The number of piperidine rings is 1. The number of H-pyrrole nitrogens is 1. The van der Waals surface area contributed by atoms with Crippen LogP contribution in [0.1, 0.15) is 43.7 Å². The summed E-state index contributed by atoms with van der Waals surface area (Å²) in [6, 6.07) is 7.94. The Morgan fingerprint density at radius 3 is 2.71 bits per heavy atom. The van der Waals surface area contributed by atoms with Crippen molar-refractivity contribution in [2.75, 3.05) is 26.2 Å². The minimum absolute atomic E-state index is 0. The fourth-order valence-corrected chi connectivity index (χ4v) is 4.22. The van der Waals surface area contributed by atoms with Crippen LogP contribution in [0.3, 0.4) is 0 Å². The molecule has 1 aromatic heterocycles. The van der Waals surface area contributed by atoms with Gasteiger partial charge in [0.05, 0.1) is 0 Å². The third-order valence-electron chi connectivity index (χ3n) is 5.94. The Morgan fingerprint density at radius 2 is 2.00 bits per heavy atom. The Labute approximate surface area is 185 Å². The van der Waals surface area contributed by atoms with E-state index in [-0.39, 0.29) is 24.0 Å². The molecule has 5 nitrogen and oxygen atoms in total. The number of benzene rings is 1. The van der Waals surface area contributed by atoms with Crippen molar-refractivity contribution < 1.29 is 0 Å². The monoisotopic (exact) mass is 495 g/mol. The summed E-state index contributed by atoms with van der Waals surface area (Å²) < 4.78 is 0. The van der Waals surface area contributed by atoms with E-state index in [1.54, 1.807) is 0 Å². The number of guanidine groups is 1. The van der Waals surface area contributed by atoms with E-state index < -0.39 is 0 Å². The first kappa shape index (κ1) is 21.4. The van der Waals surface area contributed by atoms with E-state index in [0.29, 0.717) is 6.04 Å². The van der Waals surface area contributed by atoms with Crippen molar-refractivity contribution >= 4 is 40.8 Å². The molecule has 1 aliphatic heterocycles. The van der Waals surface area contributed by atoms with Crippen LogP contribution in [0, 0.1) is 6.92 Å². The number of aryl methyl sites for hydroxylation is 1. The van der Waals surface area contributed by atoms with E-state index in [0.717, 1.165) is 31.5 Å². The average molecular weight is 495 g/mol. The Kier molecular flexibility index (Phi) is 7.62. The third-order valence-corrected chi connectivity index (χ3v) is 5.94. The second-order valence-corrected chi connectivity index (χ2v) is 8.01. The normalized spacial score (nSPS) is 18.9. The molecule has 1 aliphatic carbocycles. The SMILES string of the molecule is CCNC(=NCCc1c[nH]c2c(C)cccc12)NC1CCN(C2CC2)CC1.I. The molecular weight excluding hydrogens is 461 g/mol. The van der Waals surface area contributed by atoms with Gasteiger partial charge in [0.2, 0.25) is 0 Å². The third kappa shape index (κ3) is 5.20. The molecule has 0 spiro atoms. The van der Waals surface area contributed by atoms with Crippen molar-refractivity contribution in [3.8, 4) is 0 Å². The number of nitrogens with one attached hydrogen (secondary N) is 3. The molecule has 1 saturated heterocycles. The number of nitrogens with zero attached hydrogens (tertiary/aromatic N) is 2. The van der Waals surface area contributed by atoms with Gasteiger partial charge in [0.15, 0.2) is 5.96 Å². The standard InChI is InChI=1S/C22H33N5.HI/c1-3-23-22(26-18-10-13-27(14-11-18)19-7-8-19)24-12-9-17-15-25-21-16(2)5-4-6-20(17)21;/h4-6,15,18-19,25H,3,7-14H2,1-2H3,(H2,23,24,26);1H. The van der Waals surface area contributed by atoms with E-state index in [1.165, 1.54) is 60.8 Å². The number of hydrogen-bond donors (Lipinski definition) is 3. The zero-order valence-electron chi connectivity index (χ0n) is 17.1. The van der Waals surface area contributed by atoms with Crippen molar-refractivity contribution in [1.82, 2.24) is 20.5 Å². The molecule has 6 heteroatoms. The summed E-state index contributed by atoms with van der Waals surface area (Å²) in [7, 11) is 0. The molecule has 0 amide bonds. The summed E-state index contributed by atoms with van der Waals surface area (Å²) in [6.45, 7) is 8.46. The van der Waals surface area contributed by atoms with Crippen LogP contribution in [-0.2, 0) is 6.42 Å². The van der Waals surface area contributed by atoms with Crippen LogP contribution in [-0.4, -0.2) is 54.1 Å². The number of para-hydroxylation sites is 1. The maximum Gasteiger partial charge on any atom is 0.191 e. The van der Waals surface area contributed by atoms with Crippen molar-refractivity contribution in [3.05, 3.63) is 35.5 Å². The highest BCUT2D eigenvalue weighted by molar-refractivity contribution is 14.0. The highest BCUT2D eigenvalue weighted by atomic mass is 127. The minimum atomic E-state index is 0. The van der Waals surface area contributed by atoms with Gasteiger partial charge in [-0.1, -0.05) is 18.2 Å². The molecule has 2 aliphatic rings. The second-order valence-electron chi connectivity index (χ2n) is 8.01. The van der Waals surface area contributed by atoms with Gasteiger partial charge in [0.25, 0.3) is 0 Å². The van der Waals surface area contributed by atoms with Crippen LogP contribution >= 0.6 is 24.0 Å². The van der Waals surface area contributed by atoms with Crippen molar-refractivity contribution in [3.63, 3.8) is 0 Å². The summed E-state index contributed by atoms with van der Waals surface area (Å²) in [4.78, 5) is 10.9. The van der Waals surface area contributed by atoms with Crippen LogP contribution in [0.5, 0.6) is 0 Å². The number of likely N-dealkylation sites (tertiary alicyclic amines) is 1. The zero-order valence-corrected chi connectivity index (χ0v) is 19.5. The van der Waals surface area contributed by atoms with Crippen molar-refractivity contribution in [2.24, 2.45) is 4.99 Å². The molecule has 3 N–H and O–H groups in total. The van der Waals surface area contributed by atoms with Crippen LogP contribution in [0.2, 0.25) is 0 Å². The molecule has 154 valence electrons. The van der Waals surface area contributed by atoms with Crippen LogP contribution in [0.4, 0.5) is 0 Å². The van der Waals surface area contributed by atoms with Gasteiger partial charge < -0.3 is 20.5 Å². The Balaban J connectivity index is 0.00000225. The lowest BCUT2D eigenvalue weighted by Crippen LogP contribution is -2.49. The summed E-state index contributed by atoms with van der Waals surface area (Å²) in [5, 5.41) is 8.42. The van der Waals surface area contributed by atoms with Gasteiger partial charge in [0, 0.05) is 55.4 Å². The van der Waals surface area contributed by atoms with E-state index in [9.17, 15) is 0 Å². The molecular formula is C22H34IN5. The van der Waals surface area contributed by atoms with Crippen LogP contribution in [0.15, 0.2) is 29.4 Å². The summed E-state index contributed by atoms with van der Waals surface area (Å²) in [5.41, 5.74) is 3.91. The van der Waals surface area contributed by atoms with Gasteiger partial charge in [-0.3, -0.25) is 4.99 Å². The lowest BCUT2D eigenvalue weighted by atomic mass is 10.1. The van der Waals surface area contributed by atoms with Gasteiger partial charge >= 0.3 is 0 Å². The Hall–Kier alpha value is -1.28. The predicted molar refractivity (Wildman–Crippen MR) is 129 cm³/mol. The molecule has 0 radical (unpaired) electrons. The Morgan fingerprint density at radius 1 is 1.21 bits per heavy atom. The molecule has 1 saturated carbocycles. The summed E-state index contributed by atoms with van der Waals surface area (Å²) in [5.74, 6) is 0.971. The van der Waals surface area contributed by atoms with E-state index in [2.05, 4.69) is 58.8 Å². The van der Waals surface area contributed by atoms with E-state index >= 15 is 0 Å². The Bertz CT molecular complexity index is 787. The smallest absolute Gasteiger partial charge is 0.191 e. The van der Waals surface area contributed by atoms with E-state index in [4.69, 9.17) is 4.99 Å². The molecule has 2 heterocycles. The highest BCUT2D eigenvalue weighted by Crippen LogP contribution is 2.29.